The zero-order chi connectivity index (χ0) is 34.2. The number of carbonyl (C=O) groups is 2. The largest absolute Gasteiger partial charge is 0.416 e. The van der Waals surface area contributed by atoms with Gasteiger partial charge in [-0.25, -0.2) is 4.98 Å². The molecular weight excluding hydrogens is 625 g/mol. The molecule has 0 fully saturated rings. The van der Waals surface area contributed by atoms with E-state index in [9.17, 15) is 22.8 Å². The predicted octanol–water partition coefficient (Wildman–Crippen LogP) is 8.48. The van der Waals surface area contributed by atoms with E-state index in [0.717, 1.165) is 30.7 Å². The van der Waals surface area contributed by atoms with Gasteiger partial charge < -0.3 is 16.0 Å². The molecule has 0 aliphatic heterocycles. The molecule has 0 saturated heterocycles. The summed E-state index contributed by atoms with van der Waals surface area (Å²) in [4.78, 5) is 31.3. The number of rotatable bonds is 11. The number of benzene rings is 5. The Morgan fingerprint density at radius 3 is 2.14 bits per heavy atom. The van der Waals surface area contributed by atoms with E-state index >= 15 is 0 Å². The normalized spacial score (nSPS) is 12.0. The minimum Gasteiger partial charge on any atom is -0.344 e. The lowest BCUT2D eigenvalue weighted by atomic mass is 9.98. The van der Waals surface area contributed by atoms with Crippen LogP contribution in [0.25, 0.3) is 22.0 Å². The van der Waals surface area contributed by atoms with E-state index in [2.05, 4.69) is 33.1 Å². The molecule has 49 heavy (non-hydrogen) atoms. The third-order valence-corrected chi connectivity index (χ3v) is 8.18. The second-order valence-electron chi connectivity index (χ2n) is 11.6. The minimum absolute atomic E-state index is 0.224. The number of alkyl halides is 3. The number of hydrogen-bond donors (Lipinski definition) is 3. The van der Waals surface area contributed by atoms with Gasteiger partial charge in [-0.15, -0.1) is 0 Å². The van der Waals surface area contributed by atoms with E-state index in [1.54, 1.807) is 54.6 Å². The zero-order valence-corrected chi connectivity index (χ0v) is 26.4. The van der Waals surface area contributed by atoms with Crippen LogP contribution in [0.2, 0.25) is 0 Å². The molecule has 2 amide bonds. The van der Waals surface area contributed by atoms with E-state index in [1.165, 1.54) is 17.7 Å². The van der Waals surface area contributed by atoms with Crippen LogP contribution in [-0.2, 0) is 12.6 Å². The van der Waals surface area contributed by atoms with Gasteiger partial charge in [0.15, 0.2) is 0 Å². The smallest absolute Gasteiger partial charge is 0.344 e. The van der Waals surface area contributed by atoms with Crippen LogP contribution >= 0.6 is 0 Å². The van der Waals surface area contributed by atoms with Gasteiger partial charge in [0.1, 0.15) is 5.82 Å². The number of nitrogens with one attached hydrogen (secondary N) is 3. The summed E-state index contributed by atoms with van der Waals surface area (Å²) in [6.45, 7) is 1.33. The molecule has 9 heteroatoms. The molecule has 6 nitrogen and oxygen atoms in total. The molecule has 1 heterocycles. The molecule has 0 unspecified atom stereocenters. The average Bonchev–Trinajstić information content (AvgIpc) is 3.13. The van der Waals surface area contributed by atoms with Crippen LogP contribution in [0.4, 0.5) is 19.0 Å². The Morgan fingerprint density at radius 1 is 0.714 bits per heavy atom. The molecule has 6 aromatic rings. The van der Waals surface area contributed by atoms with Crippen LogP contribution in [0, 0.1) is 0 Å². The van der Waals surface area contributed by atoms with E-state index < -0.39 is 17.6 Å². The molecule has 1 aromatic heterocycles. The Hall–Kier alpha value is -5.80. The number of amides is 2. The van der Waals surface area contributed by atoms with Crippen molar-refractivity contribution >= 4 is 28.5 Å². The van der Waals surface area contributed by atoms with Crippen molar-refractivity contribution in [2.24, 2.45) is 0 Å². The molecule has 0 spiro atoms. The van der Waals surface area contributed by atoms with Gasteiger partial charge in [-0.05, 0) is 83.8 Å². The summed E-state index contributed by atoms with van der Waals surface area (Å²) in [6, 6.07) is 39.8. The van der Waals surface area contributed by atoms with Crippen LogP contribution in [0.3, 0.4) is 0 Å². The second kappa shape index (κ2) is 15.0. The molecular formula is C40H33F3N4O2. The second-order valence-corrected chi connectivity index (χ2v) is 11.6. The maximum absolute atomic E-state index is 13.4. The lowest BCUT2D eigenvalue weighted by Gasteiger charge is -2.20. The Bertz CT molecular complexity index is 2050. The number of nitrogens with zero attached hydrogens (tertiary/aromatic N) is 1. The summed E-state index contributed by atoms with van der Waals surface area (Å²) in [7, 11) is 0. The van der Waals surface area contributed by atoms with Crippen molar-refractivity contribution in [2.75, 3.05) is 18.4 Å². The number of carbonyl (C=O) groups excluding carboxylic acids is 2. The Labute approximate surface area is 282 Å². The van der Waals surface area contributed by atoms with E-state index in [-0.39, 0.29) is 11.9 Å². The van der Waals surface area contributed by atoms with Crippen LogP contribution in [-0.4, -0.2) is 29.9 Å². The summed E-state index contributed by atoms with van der Waals surface area (Å²) < 4.78 is 39.2. The summed E-state index contributed by atoms with van der Waals surface area (Å²) in [6.07, 6.45) is -3.57. The number of fused-ring (bicyclic) bond motifs is 1. The van der Waals surface area contributed by atoms with E-state index in [4.69, 9.17) is 0 Å². The van der Waals surface area contributed by atoms with Crippen molar-refractivity contribution in [1.29, 1.82) is 0 Å². The van der Waals surface area contributed by atoms with Gasteiger partial charge in [-0.2, -0.15) is 13.2 Å². The highest BCUT2D eigenvalue weighted by molar-refractivity contribution is 6.08. The Morgan fingerprint density at radius 2 is 1.41 bits per heavy atom. The first-order valence-electron chi connectivity index (χ1n) is 15.8. The number of hydrogen-bond acceptors (Lipinski definition) is 4. The summed E-state index contributed by atoms with van der Waals surface area (Å²) >= 11 is 0. The SMILES string of the molecule is O=C(N[C@H](CNCCc1ccccc1)c1ccccc1)c1ccc2nc(NC(=O)c3ccccc3-c3ccc(C(F)(F)F)cc3)ccc2c1. The fourth-order valence-electron chi connectivity index (χ4n) is 5.59. The van der Waals surface area contributed by atoms with E-state index in [0.29, 0.717) is 45.5 Å². The highest BCUT2D eigenvalue weighted by Crippen LogP contribution is 2.32. The first-order valence-corrected chi connectivity index (χ1v) is 15.8. The van der Waals surface area contributed by atoms with Crippen molar-refractivity contribution in [3.8, 4) is 11.1 Å². The highest BCUT2D eigenvalue weighted by atomic mass is 19.4. The van der Waals surface area contributed by atoms with Gasteiger partial charge in [0.25, 0.3) is 11.8 Å². The lowest BCUT2D eigenvalue weighted by Crippen LogP contribution is -2.36. The maximum Gasteiger partial charge on any atom is 0.416 e. The molecule has 0 aliphatic carbocycles. The van der Waals surface area contributed by atoms with Crippen molar-refractivity contribution in [3.63, 3.8) is 0 Å². The van der Waals surface area contributed by atoms with Crippen molar-refractivity contribution < 1.29 is 22.8 Å². The maximum atomic E-state index is 13.4. The summed E-state index contributed by atoms with van der Waals surface area (Å²) in [5, 5.41) is 10.1. The Kier molecular flexibility index (Phi) is 10.1. The quantitative estimate of drug-likeness (QED) is 0.122. The average molecular weight is 659 g/mol. The summed E-state index contributed by atoms with van der Waals surface area (Å²) in [5.41, 5.74) is 3.78. The van der Waals surface area contributed by atoms with Crippen LogP contribution in [0.5, 0.6) is 0 Å². The van der Waals surface area contributed by atoms with Crippen LogP contribution in [0.15, 0.2) is 140 Å². The van der Waals surface area contributed by atoms with Crippen molar-refractivity contribution in [2.45, 2.75) is 18.6 Å². The fraction of sp³-hybridized carbons (Fsp3) is 0.125. The van der Waals surface area contributed by atoms with Gasteiger partial charge in [0.2, 0.25) is 0 Å². The van der Waals surface area contributed by atoms with Gasteiger partial charge in [0.05, 0.1) is 17.1 Å². The highest BCUT2D eigenvalue weighted by Gasteiger charge is 2.30. The molecule has 0 saturated carbocycles. The zero-order valence-electron chi connectivity index (χ0n) is 26.4. The standard InChI is InChI=1S/C40H33F3N4O2/c41-40(42,43)32-19-15-28(16-20-32)33-13-7-8-14-34(33)39(49)47-37-22-18-30-25-31(17-21-35(30)45-37)38(48)46-36(29-11-5-2-6-12-29)26-44-24-23-27-9-3-1-4-10-27/h1-22,25,36,44H,23-24,26H2,(H,46,48)(H,45,47,49)/t36-/m1/s1. The third-order valence-electron chi connectivity index (χ3n) is 8.18. The monoisotopic (exact) mass is 658 g/mol. The first-order chi connectivity index (χ1) is 23.7. The van der Waals surface area contributed by atoms with Crippen molar-refractivity contribution in [3.05, 3.63) is 167 Å². The summed E-state index contributed by atoms with van der Waals surface area (Å²) in [5.74, 6) is -0.386. The lowest BCUT2D eigenvalue weighted by molar-refractivity contribution is -0.137. The number of aromatic nitrogens is 1. The van der Waals surface area contributed by atoms with Gasteiger partial charge in [-0.1, -0.05) is 91.0 Å². The number of halogens is 3. The minimum atomic E-state index is -4.45. The number of anilines is 1. The fourth-order valence-corrected chi connectivity index (χ4v) is 5.59. The number of pyridine rings is 1. The van der Waals surface area contributed by atoms with Gasteiger partial charge in [0, 0.05) is 23.1 Å². The van der Waals surface area contributed by atoms with Gasteiger partial charge >= 0.3 is 6.18 Å². The van der Waals surface area contributed by atoms with Gasteiger partial charge in [-0.3, -0.25) is 9.59 Å². The van der Waals surface area contributed by atoms with Crippen molar-refractivity contribution in [1.82, 2.24) is 15.6 Å². The molecule has 0 radical (unpaired) electrons. The van der Waals surface area contributed by atoms with E-state index in [1.807, 2.05) is 48.5 Å². The molecule has 5 aromatic carbocycles. The molecule has 0 bridgehead atoms. The van der Waals surface area contributed by atoms with Crippen LogP contribution in [0.1, 0.15) is 43.4 Å². The predicted molar refractivity (Wildman–Crippen MR) is 186 cm³/mol. The first kappa shape index (κ1) is 33.1. The molecule has 0 aliphatic rings. The topological polar surface area (TPSA) is 83.1 Å². The molecule has 1 atom stereocenters. The molecule has 3 N–H and O–H groups in total. The third kappa shape index (κ3) is 8.38. The molecule has 6 rings (SSSR count). The molecule has 246 valence electrons. The van der Waals surface area contributed by atoms with Crippen LogP contribution < -0.4 is 16.0 Å². The Balaban J connectivity index is 1.13.